The van der Waals surface area contributed by atoms with Crippen molar-refractivity contribution in [3.8, 4) is 0 Å². The normalized spacial score (nSPS) is 11.9. The minimum atomic E-state index is 1.26. The molecular formula is C36H70S2. The summed E-state index contributed by atoms with van der Waals surface area (Å²) in [5.41, 5.74) is 0. The van der Waals surface area contributed by atoms with E-state index in [1.165, 1.54) is 193 Å². The van der Waals surface area contributed by atoms with Gasteiger partial charge in [-0.05, 0) is 36.5 Å². The van der Waals surface area contributed by atoms with Crippen molar-refractivity contribution in [3.05, 3.63) is 23.0 Å². The van der Waals surface area contributed by atoms with Crippen molar-refractivity contribution in [3.63, 3.8) is 0 Å². The van der Waals surface area contributed by atoms with Crippen molar-refractivity contribution in [2.24, 2.45) is 0 Å². The first-order valence-corrected chi connectivity index (χ1v) is 19.8. The minimum absolute atomic E-state index is 1.26. The van der Waals surface area contributed by atoms with E-state index in [-0.39, 0.29) is 0 Å². The van der Waals surface area contributed by atoms with Crippen LogP contribution in [0.4, 0.5) is 0 Å². The minimum Gasteiger partial charge on any atom is -0.0773 e. The topological polar surface area (TPSA) is 0 Å². The van der Waals surface area contributed by atoms with Crippen LogP contribution in [-0.4, -0.2) is 0 Å². The van der Waals surface area contributed by atoms with Crippen molar-refractivity contribution < 1.29 is 0 Å². The lowest BCUT2D eigenvalue weighted by Crippen LogP contribution is -1.83. The van der Waals surface area contributed by atoms with Gasteiger partial charge in [0.25, 0.3) is 0 Å². The van der Waals surface area contributed by atoms with E-state index in [0.29, 0.717) is 0 Å². The molecule has 0 unspecified atom stereocenters. The van der Waals surface area contributed by atoms with Crippen LogP contribution in [0, 0.1) is 0 Å². The Kier molecular flexibility index (Phi) is 37.4. The first-order valence-electron chi connectivity index (χ1n) is 17.5. The molecule has 0 saturated carbocycles. The maximum absolute atomic E-state index is 2.37. The molecule has 0 aromatic rings. The number of rotatable bonds is 33. The molecule has 0 saturated heterocycles. The Morgan fingerprint density at radius 1 is 0.289 bits per heavy atom. The zero-order valence-corrected chi connectivity index (χ0v) is 28.0. The van der Waals surface area contributed by atoms with E-state index in [0.717, 1.165) is 0 Å². The molecule has 0 aliphatic heterocycles. The molecule has 0 aromatic carbocycles. The van der Waals surface area contributed by atoms with Crippen LogP contribution in [0.2, 0.25) is 0 Å². The highest BCUT2D eigenvalue weighted by Crippen LogP contribution is 2.24. The first-order chi connectivity index (χ1) is 18.9. The van der Waals surface area contributed by atoms with Crippen LogP contribution in [0.5, 0.6) is 0 Å². The predicted molar refractivity (Wildman–Crippen MR) is 183 cm³/mol. The fraction of sp³-hybridized carbons (Fsp3) is 0.889. The third-order valence-corrected chi connectivity index (χ3v) is 9.53. The molecule has 0 spiro atoms. The molecule has 0 atom stereocenters. The highest BCUT2D eigenvalue weighted by molar-refractivity contribution is 8.78. The largest absolute Gasteiger partial charge is 0.0773 e. The van der Waals surface area contributed by atoms with Gasteiger partial charge in [-0.15, -0.1) is 0 Å². The molecule has 0 radical (unpaired) electrons. The zero-order valence-electron chi connectivity index (χ0n) is 26.3. The van der Waals surface area contributed by atoms with Crippen molar-refractivity contribution in [1.82, 2.24) is 0 Å². The van der Waals surface area contributed by atoms with Gasteiger partial charge in [-0.25, -0.2) is 0 Å². The molecule has 38 heavy (non-hydrogen) atoms. The molecule has 2 heteroatoms. The summed E-state index contributed by atoms with van der Waals surface area (Å²) in [5, 5.41) is 4.59. The quantitative estimate of drug-likeness (QED) is 0.0572. The number of allylic oxidation sites excluding steroid dienone is 2. The van der Waals surface area contributed by atoms with E-state index in [2.05, 4.69) is 36.8 Å². The summed E-state index contributed by atoms with van der Waals surface area (Å²) in [6, 6.07) is 0. The van der Waals surface area contributed by atoms with Crippen LogP contribution in [-0.2, 0) is 0 Å². The number of hydrogen-bond donors (Lipinski definition) is 0. The highest BCUT2D eigenvalue weighted by Gasteiger charge is 1.95. The Morgan fingerprint density at radius 2 is 0.500 bits per heavy atom. The fourth-order valence-electron chi connectivity index (χ4n) is 5.19. The smallest absolute Gasteiger partial charge is 0.0218 e. The molecule has 0 aromatic heterocycles. The molecule has 0 nitrogen and oxygen atoms in total. The maximum Gasteiger partial charge on any atom is -0.0218 e. The summed E-state index contributed by atoms with van der Waals surface area (Å²) in [7, 11) is 3.75. The molecule has 0 N–H and O–H groups in total. The summed E-state index contributed by atoms with van der Waals surface area (Å²) < 4.78 is 0. The third kappa shape index (κ3) is 36.2. The molecule has 0 fully saturated rings. The van der Waals surface area contributed by atoms with Crippen LogP contribution < -0.4 is 0 Å². The van der Waals surface area contributed by atoms with E-state index >= 15 is 0 Å². The van der Waals surface area contributed by atoms with Gasteiger partial charge in [-0.1, -0.05) is 215 Å². The average Bonchev–Trinajstić information content (AvgIpc) is 2.93. The van der Waals surface area contributed by atoms with Crippen LogP contribution >= 0.6 is 21.6 Å². The second-order valence-electron chi connectivity index (χ2n) is 11.7. The lowest BCUT2D eigenvalue weighted by molar-refractivity contribution is 0.536. The lowest BCUT2D eigenvalue weighted by Gasteiger charge is -2.02. The van der Waals surface area contributed by atoms with Gasteiger partial charge in [-0.2, -0.15) is 0 Å². The van der Waals surface area contributed by atoms with Gasteiger partial charge < -0.3 is 0 Å². The predicted octanol–water partition coefficient (Wildman–Crippen LogP) is 15.1. The van der Waals surface area contributed by atoms with Gasteiger partial charge in [0.05, 0.1) is 0 Å². The lowest BCUT2D eigenvalue weighted by atomic mass is 10.0. The summed E-state index contributed by atoms with van der Waals surface area (Å²) in [4.78, 5) is 0. The van der Waals surface area contributed by atoms with Crippen molar-refractivity contribution >= 4 is 21.6 Å². The van der Waals surface area contributed by atoms with Crippen LogP contribution in [0.1, 0.15) is 206 Å². The van der Waals surface area contributed by atoms with Gasteiger partial charge in [0.2, 0.25) is 0 Å². The van der Waals surface area contributed by atoms with E-state index in [4.69, 9.17) is 0 Å². The van der Waals surface area contributed by atoms with Crippen molar-refractivity contribution in [1.29, 1.82) is 0 Å². The molecule has 0 aliphatic rings. The Hall–Kier alpha value is 0.180. The molecule has 226 valence electrons. The molecule has 0 amide bonds. The second kappa shape index (κ2) is 37.2. The van der Waals surface area contributed by atoms with Crippen LogP contribution in [0.15, 0.2) is 23.0 Å². The molecule has 0 aliphatic carbocycles. The van der Waals surface area contributed by atoms with Gasteiger partial charge in [0.15, 0.2) is 0 Å². The molecule has 0 heterocycles. The number of unbranched alkanes of at least 4 members (excludes halogenated alkanes) is 28. The molecule has 0 bridgehead atoms. The fourth-order valence-corrected chi connectivity index (χ4v) is 6.61. The Bertz CT molecular complexity index is 414. The third-order valence-electron chi connectivity index (χ3n) is 7.81. The van der Waals surface area contributed by atoms with Crippen LogP contribution in [0.3, 0.4) is 0 Å². The summed E-state index contributed by atoms with van der Waals surface area (Å²) in [5.74, 6) is 0. The molecule has 0 rings (SSSR count). The van der Waals surface area contributed by atoms with Crippen LogP contribution in [0.25, 0.3) is 0 Å². The standard InChI is InChI=1S/C36H70S2/c1-3-5-7-9-11-13-15-17-19-21-23-25-27-29-31-33-35-37-38-36-34-32-30-28-26-24-22-20-18-16-14-12-10-8-6-4-2/h33-36H,3-32H2,1-2H3. The maximum atomic E-state index is 2.37. The van der Waals surface area contributed by atoms with E-state index < -0.39 is 0 Å². The van der Waals surface area contributed by atoms with Gasteiger partial charge >= 0.3 is 0 Å². The SMILES string of the molecule is CCCCCCCCCCCCCCCCC=CSSC=CCCCCCCCCCCCCCCCC. The van der Waals surface area contributed by atoms with Crippen molar-refractivity contribution in [2.75, 3.05) is 0 Å². The summed E-state index contributed by atoms with van der Waals surface area (Å²) in [6.45, 7) is 4.60. The Labute approximate surface area is 250 Å². The van der Waals surface area contributed by atoms with Gasteiger partial charge in [-0.3, -0.25) is 0 Å². The first kappa shape index (κ1) is 38.2. The van der Waals surface area contributed by atoms with E-state index in [1.54, 1.807) is 0 Å². The highest BCUT2D eigenvalue weighted by atomic mass is 33.1. The summed E-state index contributed by atoms with van der Waals surface area (Å²) in [6.07, 6.45) is 47.7. The van der Waals surface area contributed by atoms with Gasteiger partial charge in [0.1, 0.15) is 0 Å². The Balaban J connectivity index is 3.14. The molecular weight excluding hydrogens is 497 g/mol. The Morgan fingerprint density at radius 3 is 0.737 bits per heavy atom. The monoisotopic (exact) mass is 566 g/mol. The summed E-state index contributed by atoms with van der Waals surface area (Å²) >= 11 is 0. The van der Waals surface area contributed by atoms with Gasteiger partial charge in [0, 0.05) is 0 Å². The number of hydrogen-bond acceptors (Lipinski definition) is 2. The average molecular weight is 567 g/mol. The van der Waals surface area contributed by atoms with Crippen molar-refractivity contribution in [2.45, 2.75) is 206 Å². The zero-order chi connectivity index (χ0) is 27.5. The van der Waals surface area contributed by atoms with E-state index in [1.807, 2.05) is 21.6 Å². The second-order valence-corrected chi connectivity index (χ2v) is 13.8. The van der Waals surface area contributed by atoms with E-state index in [9.17, 15) is 0 Å².